The van der Waals surface area contributed by atoms with Gasteiger partial charge in [-0.05, 0) is 30.2 Å². The zero-order valence-corrected chi connectivity index (χ0v) is 13.9. The minimum absolute atomic E-state index is 0.0339. The molecule has 2 N–H and O–H groups in total. The van der Waals surface area contributed by atoms with Crippen molar-refractivity contribution in [2.75, 3.05) is 6.61 Å². The van der Waals surface area contributed by atoms with Crippen LogP contribution in [0.2, 0.25) is 0 Å². The Bertz CT molecular complexity index is 878. The number of rotatable bonds is 8. The summed E-state index contributed by atoms with van der Waals surface area (Å²) in [5.41, 5.74) is 5.80. The molecule has 0 aliphatic heterocycles. The van der Waals surface area contributed by atoms with Crippen LogP contribution < -0.4 is 5.73 Å². The summed E-state index contributed by atoms with van der Waals surface area (Å²) in [7, 11) is -3.97. The molecule has 2 aromatic rings. The predicted octanol–water partition coefficient (Wildman–Crippen LogP) is 2.23. The smallest absolute Gasteiger partial charge is 0.296 e. The van der Waals surface area contributed by atoms with E-state index >= 15 is 0 Å². The molecule has 0 saturated carbocycles. The van der Waals surface area contributed by atoms with Crippen LogP contribution >= 0.6 is 0 Å². The molecule has 0 bridgehead atoms. The van der Waals surface area contributed by atoms with E-state index in [4.69, 9.17) is 9.92 Å². The number of primary amides is 1. The minimum atomic E-state index is -3.97. The third kappa shape index (κ3) is 4.85. The summed E-state index contributed by atoms with van der Waals surface area (Å²) >= 11 is 0. The topological polar surface area (TPSA) is 130 Å². The first-order valence-electron chi connectivity index (χ1n) is 7.33. The quantitative estimate of drug-likeness (QED) is 0.331. The Morgan fingerprint density at radius 2 is 1.76 bits per heavy atom. The lowest BCUT2D eigenvalue weighted by molar-refractivity contribution is -0.384. The lowest BCUT2D eigenvalue weighted by Crippen LogP contribution is -2.13. The van der Waals surface area contributed by atoms with Crippen LogP contribution in [-0.4, -0.2) is 25.9 Å². The highest BCUT2D eigenvalue weighted by Crippen LogP contribution is 2.30. The van der Waals surface area contributed by atoms with Gasteiger partial charge in [-0.3, -0.25) is 19.1 Å². The monoisotopic (exact) mass is 364 g/mol. The van der Waals surface area contributed by atoms with Crippen LogP contribution in [0, 0.1) is 10.1 Å². The molecule has 0 spiro atoms. The summed E-state index contributed by atoms with van der Waals surface area (Å²) in [6.45, 7) is -0.156. The van der Waals surface area contributed by atoms with E-state index in [0.29, 0.717) is 11.1 Å². The normalized spacial score (nSPS) is 11.2. The first kappa shape index (κ1) is 18.6. The van der Waals surface area contributed by atoms with Gasteiger partial charge >= 0.3 is 0 Å². The van der Waals surface area contributed by atoms with E-state index < -0.39 is 20.9 Å². The molecule has 0 unspecified atom stereocenters. The van der Waals surface area contributed by atoms with Crippen molar-refractivity contribution in [1.82, 2.24) is 0 Å². The SMILES string of the molecule is NC(=O)CCCOS(=O)(=O)c1ccc(-c2ccccc2[N+](=O)[O-])cc1. The standard InChI is InChI=1S/C16H16N2O6S/c17-16(19)6-3-11-24-25(22,23)13-9-7-12(8-10-13)14-4-1-2-5-15(14)18(20)21/h1-2,4-5,7-10H,3,6,11H2,(H2,17,19). The van der Waals surface area contributed by atoms with Crippen LogP contribution in [0.5, 0.6) is 0 Å². The van der Waals surface area contributed by atoms with E-state index in [0.717, 1.165) is 0 Å². The Morgan fingerprint density at radius 1 is 1.12 bits per heavy atom. The van der Waals surface area contributed by atoms with Crippen molar-refractivity contribution in [2.24, 2.45) is 5.73 Å². The van der Waals surface area contributed by atoms with Crippen molar-refractivity contribution in [3.05, 3.63) is 58.6 Å². The molecule has 25 heavy (non-hydrogen) atoms. The van der Waals surface area contributed by atoms with Gasteiger partial charge in [0.05, 0.1) is 22.0 Å². The van der Waals surface area contributed by atoms with Gasteiger partial charge in [-0.1, -0.05) is 24.3 Å². The lowest BCUT2D eigenvalue weighted by Gasteiger charge is -2.07. The molecular weight excluding hydrogens is 348 g/mol. The van der Waals surface area contributed by atoms with Gasteiger partial charge in [-0.25, -0.2) is 0 Å². The molecule has 9 heteroatoms. The van der Waals surface area contributed by atoms with Crippen molar-refractivity contribution in [2.45, 2.75) is 17.7 Å². The van der Waals surface area contributed by atoms with Crippen molar-refractivity contribution in [3.8, 4) is 11.1 Å². The van der Waals surface area contributed by atoms with Crippen molar-refractivity contribution in [1.29, 1.82) is 0 Å². The van der Waals surface area contributed by atoms with E-state index in [2.05, 4.69) is 0 Å². The van der Waals surface area contributed by atoms with Crippen LogP contribution in [0.25, 0.3) is 11.1 Å². The summed E-state index contributed by atoms with van der Waals surface area (Å²) in [6.07, 6.45) is 0.231. The van der Waals surface area contributed by atoms with E-state index in [9.17, 15) is 23.3 Å². The molecule has 0 atom stereocenters. The Balaban J connectivity index is 2.17. The Kier molecular flexibility index (Phi) is 5.84. The predicted molar refractivity (Wildman–Crippen MR) is 90.1 cm³/mol. The third-order valence-corrected chi connectivity index (χ3v) is 4.69. The molecule has 8 nitrogen and oxygen atoms in total. The maximum atomic E-state index is 12.1. The fourth-order valence-corrected chi connectivity index (χ4v) is 3.10. The van der Waals surface area contributed by atoms with Crippen LogP contribution in [0.1, 0.15) is 12.8 Å². The molecule has 0 aliphatic carbocycles. The number of hydrogen-bond acceptors (Lipinski definition) is 6. The number of amides is 1. The number of carbonyl (C=O) groups is 1. The fourth-order valence-electron chi connectivity index (χ4n) is 2.16. The average Bonchev–Trinajstić information content (AvgIpc) is 2.59. The molecule has 0 heterocycles. The van der Waals surface area contributed by atoms with E-state index in [1.807, 2.05) is 0 Å². The van der Waals surface area contributed by atoms with Crippen molar-refractivity contribution in [3.63, 3.8) is 0 Å². The highest BCUT2D eigenvalue weighted by Gasteiger charge is 2.17. The average molecular weight is 364 g/mol. The molecule has 1 amide bonds. The maximum absolute atomic E-state index is 12.1. The summed E-state index contributed by atoms with van der Waals surface area (Å²) in [6, 6.07) is 11.8. The lowest BCUT2D eigenvalue weighted by atomic mass is 10.0. The zero-order valence-electron chi connectivity index (χ0n) is 13.1. The summed E-state index contributed by atoms with van der Waals surface area (Å²) in [5.74, 6) is -0.533. The highest BCUT2D eigenvalue weighted by molar-refractivity contribution is 7.86. The van der Waals surface area contributed by atoms with Gasteiger partial charge in [0.1, 0.15) is 0 Å². The molecule has 2 rings (SSSR count). The number of hydrogen-bond donors (Lipinski definition) is 1. The van der Waals surface area contributed by atoms with Gasteiger partial charge in [0, 0.05) is 12.5 Å². The second-order valence-corrected chi connectivity index (χ2v) is 6.76. The number of carbonyl (C=O) groups excluding carboxylic acids is 1. The number of benzene rings is 2. The second-order valence-electron chi connectivity index (χ2n) is 5.14. The maximum Gasteiger partial charge on any atom is 0.296 e. The van der Waals surface area contributed by atoms with Crippen LogP contribution in [0.4, 0.5) is 5.69 Å². The molecule has 0 radical (unpaired) electrons. The summed E-state index contributed by atoms with van der Waals surface area (Å²) in [4.78, 5) is 21.1. The fraction of sp³-hybridized carbons (Fsp3) is 0.188. The van der Waals surface area contributed by atoms with Crippen LogP contribution in [-0.2, 0) is 19.1 Å². The van der Waals surface area contributed by atoms with Gasteiger partial charge in [0.25, 0.3) is 15.8 Å². The van der Waals surface area contributed by atoms with Gasteiger partial charge in [-0.2, -0.15) is 8.42 Å². The zero-order chi connectivity index (χ0) is 18.4. The van der Waals surface area contributed by atoms with Gasteiger partial charge < -0.3 is 5.73 Å². The van der Waals surface area contributed by atoms with E-state index in [-0.39, 0.29) is 30.0 Å². The number of nitrogens with zero attached hydrogens (tertiary/aromatic N) is 1. The molecule has 0 aromatic heterocycles. The highest BCUT2D eigenvalue weighted by atomic mass is 32.2. The molecular formula is C16H16N2O6S. The molecule has 0 aliphatic rings. The Labute approximate surface area is 144 Å². The number of nitro groups is 1. The first-order valence-corrected chi connectivity index (χ1v) is 8.73. The van der Waals surface area contributed by atoms with Gasteiger partial charge in [-0.15, -0.1) is 0 Å². The first-order chi connectivity index (χ1) is 11.8. The summed E-state index contributed by atoms with van der Waals surface area (Å²) < 4.78 is 28.9. The summed E-state index contributed by atoms with van der Waals surface area (Å²) in [5, 5.41) is 11.1. The number of nitro benzene ring substituents is 1. The molecule has 132 valence electrons. The Morgan fingerprint density at radius 3 is 2.36 bits per heavy atom. The Hall–Kier alpha value is -2.78. The largest absolute Gasteiger partial charge is 0.370 e. The van der Waals surface area contributed by atoms with Crippen molar-refractivity contribution >= 4 is 21.7 Å². The number of nitrogens with two attached hydrogens (primary N) is 1. The molecule has 0 fully saturated rings. The number of para-hydroxylation sites is 1. The molecule has 0 saturated heterocycles. The second kappa shape index (κ2) is 7.86. The minimum Gasteiger partial charge on any atom is -0.370 e. The van der Waals surface area contributed by atoms with Crippen LogP contribution in [0.3, 0.4) is 0 Å². The van der Waals surface area contributed by atoms with Crippen LogP contribution in [0.15, 0.2) is 53.4 Å². The van der Waals surface area contributed by atoms with E-state index in [1.54, 1.807) is 18.2 Å². The van der Waals surface area contributed by atoms with Crippen molar-refractivity contribution < 1.29 is 22.3 Å². The molecule has 2 aromatic carbocycles. The van der Waals surface area contributed by atoms with Gasteiger partial charge in [0.2, 0.25) is 5.91 Å². The van der Waals surface area contributed by atoms with E-state index in [1.165, 1.54) is 30.3 Å². The van der Waals surface area contributed by atoms with Gasteiger partial charge in [0.15, 0.2) is 0 Å². The third-order valence-electron chi connectivity index (χ3n) is 3.36.